The summed E-state index contributed by atoms with van der Waals surface area (Å²) < 4.78 is 9.75. The average molecular weight is 225 g/mol. The summed E-state index contributed by atoms with van der Waals surface area (Å²) in [6, 6.07) is 7.13. The molecule has 1 atom stereocenters. The lowest BCUT2D eigenvalue weighted by molar-refractivity contribution is -0.144. The first-order valence-corrected chi connectivity index (χ1v) is 4.76. The third kappa shape index (κ3) is 2.95. The van der Waals surface area contributed by atoms with Gasteiger partial charge in [-0.3, -0.25) is 4.79 Å². The second kappa shape index (κ2) is 6.09. The van der Waals surface area contributed by atoms with Gasteiger partial charge in [0, 0.05) is 0 Å². The molecule has 0 amide bonds. The van der Waals surface area contributed by atoms with Crippen LogP contribution < -0.4 is 10.6 Å². The Morgan fingerprint density at radius 1 is 1.44 bits per heavy atom. The van der Waals surface area contributed by atoms with E-state index < -0.39 is 11.9 Å². The van der Waals surface area contributed by atoms with Crippen molar-refractivity contribution >= 4 is 5.97 Å². The van der Waals surface area contributed by atoms with E-state index >= 15 is 0 Å². The maximum absolute atomic E-state index is 11.5. The Kier molecular flexibility index (Phi) is 4.75. The third-order valence-electron chi connectivity index (χ3n) is 2.24. The number of methoxy groups -OCH3 is 2. The van der Waals surface area contributed by atoms with Crippen molar-refractivity contribution in [1.82, 2.24) is 0 Å². The van der Waals surface area contributed by atoms with Gasteiger partial charge in [0.1, 0.15) is 11.7 Å². The van der Waals surface area contributed by atoms with E-state index in [1.165, 1.54) is 7.11 Å². The van der Waals surface area contributed by atoms with Crippen molar-refractivity contribution in [2.45, 2.75) is 5.92 Å². The Labute approximate surface area is 94.1 Å². The Hall–Kier alpha value is -1.59. The predicted octanol–water partition coefficient (Wildman–Crippen LogP) is 0.842. The summed E-state index contributed by atoms with van der Waals surface area (Å²) in [5.41, 5.74) is 0.747. The number of nitrogens with two attached hydrogens (primary N) is 1. The van der Waals surface area contributed by atoms with Gasteiger partial charge in [-0.05, 0) is 17.7 Å². The van der Waals surface area contributed by atoms with Gasteiger partial charge in [0.15, 0.2) is 0 Å². The summed E-state index contributed by atoms with van der Waals surface area (Å²) in [4.78, 5) is 16.0. The van der Waals surface area contributed by atoms with Crippen molar-refractivity contribution in [3.05, 3.63) is 29.8 Å². The number of benzene rings is 1. The van der Waals surface area contributed by atoms with Crippen LogP contribution in [0.1, 0.15) is 11.5 Å². The van der Waals surface area contributed by atoms with Crippen molar-refractivity contribution in [1.29, 1.82) is 0 Å². The molecule has 0 aliphatic rings. The fraction of sp³-hybridized carbons (Fsp3) is 0.364. The van der Waals surface area contributed by atoms with Crippen LogP contribution in [0.2, 0.25) is 0 Å². The van der Waals surface area contributed by atoms with Gasteiger partial charge in [-0.15, -0.1) is 0 Å². The molecule has 88 valence electrons. The highest BCUT2D eigenvalue weighted by Gasteiger charge is 2.21. The lowest BCUT2D eigenvalue weighted by Crippen LogP contribution is -2.21. The summed E-state index contributed by atoms with van der Waals surface area (Å²) in [6.45, 7) is 0.0693. The van der Waals surface area contributed by atoms with E-state index in [2.05, 4.69) is 9.57 Å². The fourth-order valence-corrected chi connectivity index (χ4v) is 1.40. The molecule has 0 aromatic heterocycles. The molecule has 1 rings (SSSR count). The highest BCUT2D eigenvalue weighted by molar-refractivity contribution is 5.78. The van der Waals surface area contributed by atoms with E-state index in [1.54, 1.807) is 31.4 Å². The van der Waals surface area contributed by atoms with E-state index in [0.717, 1.165) is 5.56 Å². The van der Waals surface area contributed by atoms with Crippen LogP contribution in [0.25, 0.3) is 0 Å². The van der Waals surface area contributed by atoms with Crippen molar-refractivity contribution in [2.75, 3.05) is 20.8 Å². The number of carbonyl (C=O) groups excluding carboxylic acids is 1. The molecule has 5 nitrogen and oxygen atoms in total. The summed E-state index contributed by atoms with van der Waals surface area (Å²) in [5.74, 6) is 4.73. The van der Waals surface area contributed by atoms with Gasteiger partial charge in [0.05, 0.1) is 20.8 Å². The highest BCUT2D eigenvalue weighted by Crippen LogP contribution is 2.22. The van der Waals surface area contributed by atoms with Gasteiger partial charge >= 0.3 is 5.97 Å². The number of ether oxygens (including phenoxy) is 2. The Balaban J connectivity index is 2.95. The first-order chi connectivity index (χ1) is 7.72. The largest absolute Gasteiger partial charge is 0.497 e. The first kappa shape index (κ1) is 12.5. The maximum atomic E-state index is 11.5. The topological polar surface area (TPSA) is 70.8 Å². The minimum atomic E-state index is -0.537. The number of hydrogen-bond acceptors (Lipinski definition) is 5. The Morgan fingerprint density at radius 2 is 2.19 bits per heavy atom. The van der Waals surface area contributed by atoms with Crippen LogP contribution in [-0.2, 0) is 14.4 Å². The molecule has 5 heteroatoms. The molecule has 1 unspecified atom stereocenters. The molecule has 0 aliphatic carbocycles. The van der Waals surface area contributed by atoms with Crippen LogP contribution in [0.3, 0.4) is 0 Å². The van der Waals surface area contributed by atoms with Crippen molar-refractivity contribution in [3.8, 4) is 5.75 Å². The fourth-order valence-electron chi connectivity index (χ4n) is 1.40. The molecular weight excluding hydrogens is 210 g/mol. The molecule has 0 heterocycles. The standard InChI is InChI=1S/C11H15NO4/c1-14-9-5-3-4-8(6-9)10(7-16-12)11(13)15-2/h3-6,10H,7,12H2,1-2H3. The lowest BCUT2D eigenvalue weighted by Gasteiger charge is -2.14. The van der Waals surface area contributed by atoms with Crippen molar-refractivity contribution < 1.29 is 19.1 Å². The van der Waals surface area contributed by atoms with Gasteiger partial charge in [-0.1, -0.05) is 12.1 Å². The summed E-state index contributed by atoms with van der Waals surface area (Å²) >= 11 is 0. The van der Waals surface area contributed by atoms with Crippen LogP contribution in [0.5, 0.6) is 5.75 Å². The van der Waals surface area contributed by atoms with Crippen molar-refractivity contribution in [2.24, 2.45) is 5.90 Å². The smallest absolute Gasteiger partial charge is 0.315 e. The molecule has 0 spiro atoms. The molecule has 1 aromatic carbocycles. The predicted molar refractivity (Wildman–Crippen MR) is 57.9 cm³/mol. The number of rotatable bonds is 5. The molecule has 1 aromatic rings. The van der Waals surface area contributed by atoms with Gasteiger partial charge in [0.25, 0.3) is 0 Å². The minimum absolute atomic E-state index is 0.0693. The van der Waals surface area contributed by atoms with Crippen LogP contribution in [0, 0.1) is 0 Å². The van der Waals surface area contributed by atoms with Gasteiger partial charge in [-0.2, -0.15) is 0 Å². The van der Waals surface area contributed by atoms with Crippen LogP contribution in [0.4, 0.5) is 0 Å². The second-order valence-corrected chi connectivity index (χ2v) is 3.19. The summed E-state index contributed by atoms with van der Waals surface area (Å²) in [6.07, 6.45) is 0. The molecule has 0 radical (unpaired) electrons. The maximum Gasteiger partial charge on any atom is 0.315 e. The first-order valence-electron chi connectivity index (χ1n) is 4.76. The van der Waals surface area contributed by atoms with E-state index in [0.29, 0.717) is 5.75 Å². The van der Waals surface area contributed by atoms with Gasteiger partial charge in [0.2, 0.25) is 0 Å². The minimum Gasteiger partial charge on any atom is -0.497 e. The van der Waals surface area contributed by atoms with Crippen LogP contribution >= 0.6 is 0 Å². The number of hydrogen-bond donors (Lipinski definition) is 1. The lowest BCUT2D eigenvalue weighted by atomic mass is 10.00. The Morgan fingerprint density at radius 3 is 2.75 bits per heavy atom. The van der Waals surface area contributed by atoms with Gasteiger partial charge in [-0.25, -0.2) is 5.90 Å². The molecule has 0 saturated carbocycles. The normalized spacial score (nSPS) is 11.9. The average Bonchev–Trinajstić information content (AvgIpc) is 2.35. The van der Waals surface area contributed by atoms with E-state index in [4.69, 9.17) is 10.6 Å². The Bertz CT molecular complexity index is 354. The summed E-state index contributed by atoms with van der Waals surface area (Å²) in [7, 11) is 2.89. The molecule has 2 N–H and O–H groups in total. The third-order valence-corrected chi connectivity index (χ3v) is 2.24. The second-order valence-electron chi connectivity index (χ2n) is 3.19. The zero-order valence-electron chi connectivity index (χ0n) is 9.30. The molecular formula is C11H15NO4. The monoisotopic (exact) mass is 225 g/mol. The van der Waals surface area contributed by atoms with Crippen LogP contribution in [-0.4, -0.2) is 26.8 Å². The zero-order valence-corrected chi connectivity index (χ0v) is 9.30. The quantitative estimate of drug-likeness (QED) is 0.594. The number of carbonyl (C=O) groups is 1. The number of esters is 1. The van der Waals surface area contributed by atoms with E-state index in [9.17, 15) is 4.79 Å². The van der Waals surface area contributed by atoms with E-state index in [1.807, 2.05) is 0 Å². The van der Waals surface area contributed by atoms with E-state index in [-0.39, 0.29) is 6.61 Å². The summed E-state index contributed by atoms with van der Waals surface area (Å²) in [5, 5.41) is 0. The molecule has 0 fully saturated rings. The van der Waals surface area contributed by atoms with Crippen molar-refractivity contribution in [3.63, 3.8) is 0 Å². The SMILES string of the molecule is COC(=O)C(CON)c1cccc(OC)c1. The zero-order chi connectivity index (χ0) is 12.0. The molecule has 0 aliphatic heterocycles. The van der Waals surface area contributed by atoms with Crippen LogP contribution in [0.15, 0.2) is 24.3 Å². The molecule has 0 bridgehead atoms. The highest BCUT2D eigenvalue weighted by atomic mass is 16.6. The molecule has 0 saturated heterocycles. The van der Waals surface area contributed by atoms with Gasteiger partial charge < -0.3 is 14.3 Å². The molecule has 16 heavy (non-hydrogen) atoms.